The average molecular weight is 245 g/mol. The summed E-state index contributed by atoms with van der Waals surface area (Å²) in [6.07, 6.45) is 0. The Bertz CT molecular complexity index is 504. The maximum absolute atomic E-state index is 11.8. The summed E-state index contributed by atoms with van der Waals surface area (Å²) < 4.78 is 0. The first-order valence-corrected chi connectivity index (χ1v) is 6.72. The molecule has 2 unspecified atom stereocenters. The molecule has 1 saturated heterocycles. The first kappa shape index (κ1) is 13.1. The summed E-state index contributed by atoms with van der Waals surface area (Å²) in [5.74, 6) is 0.650. The summed E-state index contributed by atoms with van der Waals surface area (Å²) in [5.41, 5.74) is 6.64. The number of amides is 1. The van der Waals surface area contributed by atoms with Crippen molar-refractivity contribution in [1.29, 1.82) is 0 Å². The topological polar surface area (TPSA) is 29.1 Å². The van der Waals surface area contributed by atoms with Crippen LogP contribution in [0.1, 0.15) is 47.7 Å². The number of carbonyl (C=O) groups excluding carboxylic acids is 1. The van der Waals surface area contributed by atoms with Crippen molar-refractivity contribution in [3.63, 3.8) is 0 Å². The van der Waals surface area contributed by atoms with E-state index in [1.165, 1.54) is 27.8 Å². The lowest BCUT2D eigenvalue weighted by atomic mass is 9.84. The Balaban J connectivity index is 2.50. The standard InChI is InChI=1S/C16H23NO/c1-8-7-14(11(4)10(3)9(8)2)15-12(5)13(6)16(18)17-15/h7,12-13,15H,1-6H3,(H,17,18)/t12?,13?,15-/m1/s1. The molecule has 1 aliphatic rings. The highest BCUT2D eigenvalue weighted by Gasteiger charge is 2.37. The normalized spacial score (nSPS) is 27.4. The molecule has 2 rings (SSSR count). The van der Waals surface area contributed by atoms with Gasteiger partial charge in [-0.05, 0) is 61.4 Å². The maximum Gasteiger partial charge on any atom is 0.223 e. The van der Waals surface area contributed by atoms with Gasteiger partial charge in [0.1, 0.15) is 0 Å². The maximum atomic E-state index is 11.8. The minimum atomic E-state index is 0.108. The molecule has 0 bridgehead atoms. The summed E-state index contributed by atoms with van der Waals surface area (Å²) in [7, 11) is 0. The molecule has 0 aliphatic carbocycles. The molecule has 18 heavy (non-hydrogen) atoms. The second kappa shape index (κ2) is 4.42. The summed E-state index contributed by atoms with van der Waals surface area (Å²) in [6, 6.07) is 2.42. The van der Waals surface area contributed by atoms with E-state index < -0.39 is 0 Å². The van der Waals surface area contributed by atoms with E-state index in [2.05, 4.69) is 46.0 Å². The van der Waals surface area contributed by atoms with Crippen molar-refractivity contribution in [3.05, 3.63) is 33.9 Å². The van der Waals surface area contributed by atoms with Crippen LogP contribution in [-0.2, 0) is 4.79 Å². The monoisotopic (exact) mass is 245 g/mol. The second-order valence-electron chi connectivity index (χ2n) is 5.79. The minimum Gasteiger partial charge on any atom is -0.349 e. The fourth-order valence-electron chi connectivity index (χ4n) is 2.87. The SMILES string of the molecule is Cc1cc([C@@H]2NC(=O)C(C)C2C)c(C)c(C)c1C. The molecule has 1 N–H and O–H groups in total. The van der Waals surface area contributed by atoms with Gasteiger partial charge in [-0.15, -0.1) is 0 Å². The van der Waals surface area contributed by atoms with Gasteiger partial charge >= 0.3 is 0 Å². The molecule has 98 valence electrons. The first-order valence-electron chi connectivity index (χ1n) is 6.72. The van der Waals surface area contributed by atoms with Crippen LogP contribution >= 0.6 is 0 Å². The molecule has 0 spiro atoms. The molecular formula is C16H23NO. The van der Waals surface area contributed by atoms with Crippen LogP contribution in [0.2, 0.25) is 0 Å². The van der Waals surface area contributed by atoms with Crippen LogP contribution in [0.5, 0.6) is 0 Å². The molecule has 1 aromatic carbocycles. The van der Waals surface area contributed by atoms with E-state index in [-0.39, 0.29) is 17.9 Å². The molecule has 1 aromatic rings. The molecule has 1 fully saturated rings. The Morgan fingerprint density at radius 3 is 2.11 bits per heavy atom. The zero-order valence-corrected chi connectivity index (χ0v) is 12.2. The predicted molar refractivity (Wildman–Crippen MR) is 74.6 cm³/mol. The van der Waals surface area contributed by atoms with Gasteiger partial charge in [0.2, 0.25) is 5.91 Å². The summed E-state index contributed by atoms with van der Waals surface area (Å²) in [5, 5.41) is 3.15. The van der Waals surface area contributed by atoms with Gasteiger partial charge in [0.05, 0.1) is 6.04 Å². The van der Waals surface area contributed by atoms with E-state index in [4.69, 9.17) is 0 Å². The van der Waals surface area contributed by atoms with Crippen molar-refractivity contribution in [1.82, 2.24) is 5.32 Å². The highest BCUT2D eigenvalue weighted by atomic mass is 16.2. The van der Waals surface area contributed by atoms with Gasteiger partial charge in [0.15, 0.2) is 0 Å². The number of hydrogen-bond acceptors (Lipinski definition) is 1. The lowest BCUT2D eigenvalue weighted by Crippen LogP contribution is -2.22. The van der Waals surface area contributed by atoms with Gasteiger partial charge < -0.3 is 5.32 Å². The van der Waals surface area contributed by atoms with Crippen LogP contribution in [-0.4, -0.2) is 5.91 Å². The van der Waals surface area contributed by atoms with Gasteiger partial charge in [-0.2, -0.15) is 0 Å². The van der Waals surface area contributed by atoms with Crippen LogP contribution < -0.4 is 5.32 Å². The molecule has 2 nitrogen and oxygen atoms in total. The molecule has 0 saturated carbocycles. The van der Waals surface area contributed by atoms with E-state index in [1.54, 1.807) is 0 Å². The number of rotatable bonds is 1. The Labute approximate surface area is 110 Å². The fourth-order valence-corrected chi connectivity index (χ4v) is 2.87. The van der Waals surface area contributed by atoms with E-state index in [9.17, 15) is 4.79 Å². The lowest BCUT2D eigenvalue weighted by Gasteiger charge is -2.22. The predicted octanol–water partition coefficient (Wildman–Crippen LogP) is 3.36. The zero-order chi connectivity index (χ0) is 13.6. The highest BCUT2D eigenvalue weighted by Crippen LogP contribution is 2.37. The van der Waals surface area contributed by atoms with Crippen LogP contribution in [0.4, 0.5) is 0 Å². The summed E-state index contributed by atoms with van der Waals surface area (Å²) >= 11 is 0. The van der Waals surface area contributed by atoms with Gasteiger partial charge in [-0.25, -0.2) is 0 Å². The van der Waals surface area contributed by atoms with Crippen molar-refractivity contribution in [2.24, 2.45) is 11.8 Å². The van der Waals surface area contributed by atoms with Crippen molar-refractivity contribution in [2.75, 3.05) is 0 Å². The largest absolute Gasteiger partial charge is 0.349 e. The Morgan fingerprint density at radius 1 is 1.00 bits per heavy atom. The molecular weight excluding hydrogens is 222 g/mol. The number of aryl methyl sites for hydroxylation is 1. The Hall–Kier alpha value is -1.31. The third kappa shape index (κ3) is 1.84. The van der Waals surface area contributed by atoms with Crippen molar-refractivity contribution in [2.45, 2.75) is 47.6 Å². The second-order valence-corrected chi connectivity index (χ2v) is 5.79. The number of nitrogens with one attached hydrogen (secondary N) is 1. The minimum absolute atomic E-state index is 0.108. The van der Waals surface area contributed by atoms with E-state index in [0.29, 0.717) is 5.92 Å². The quantitative estimate of drug-likeness (QED) is 0.807. The highest BCUT2D eigenvalue weighted by molar-refractivity contribution is 5.81. The van der Waals surface area contributed by atoms with Gasteiger partial charge in [0.25, 0.3) is 0 Å². The van der Waals surface area contributed by atoms with Crippen LogP contribution in [0.3, 0.4) is 0 Å². The van der Waals surface area contributed by atoms with Crippen molar-refractivity contribution >= 4 is 5.91 Å². The number of benzene rings is 1. The molecule has 1 aliphatic heterocycles. The van der Waals surface area contributed by atoms with Crippen molar-refractivity contribution in [3.8, 4) is 0 Å². The van der Waals surface area contributed by atoms with E-state index >= 15 is 0 Å². The molecule has 3 atom stereocenters. The molecule has 2 heteroatoms. The van der Waals surface area contributed by atoms with E-state index in [0.717, 1.165) is 0 Å². The smallest absolute Gasteiger partial charge is 0.223 e. The fraction of sp³-hybridized carbons (Fsp3) is 0.562. The van der Waals surface area contributed by atoms with E-state index in [1.807, 2.05) is 6.92 Å². The van der Waals surface area contributed by atoms with Gasteiger partial charge in [-0.3, -0.25) is 4.79 Å². The van der Waals surface area contributed by atoms with Crippen molar-refractivity contribution < 1.29 is 4.79 Å². The third-order valence-electron chi connectivity index (χ3n) is 4.88. The molecule has 0 aromatic heterocycles. The van der Waals surface area contributed by atoms with Gasteiger partial charge in [0, 0.05) is 5.92 Å². The van der Waals surface area contributed by atoms with Crippen LogP contribution in [0.25, 0.3) is 0 Å². The molecule has 1 amide bonds. The van der Waals surface area contributed by atoms with Crippen LogP contribution in [0, 0.1) is 39.5 Å². The lowest BCUT2D eigenvalue weighted by molar-refractivity contribution is -0.122. The number of hydrogen-bond donors (Lipinski definition) is 1. The van der Waals surface area contributed by atoms with Crippen LogP contribution in [0.15, 0.2) is 6.07 Å². The first-order chi connectivity index (χ1) is 8.34. The third-order valence-corrected chi connectivity index (χ3v) is 4.88. The van der Waals surface area contributed by atoms with Gasteiger partial charge in [-0.1, -0.05) is 19.9 Å². The summed E-state index contributed by atoms with van der Waals surface area (Å²) in [6.45, 7) is 12.8. The Morgan fingerprint density at radius 2 is 1.61 bits per heavy atom. The zero-order valence-electron chi connectivity index (χ0n) is 12.2. The summed E-state index contributed by atoms with van der Waals surface area (Å²) in [4.78, 5) is 11.8. The average Bonchev–Trinajstić information content (AvgIpc) is 2.59. The molecule has 1 heterocycles. The molecule has 0 radical (unpaired) electrons. The number of carbonyl (C=O) groups is 1. The Kier molecular flexibility index (Phi) is 3.22.